The van der Waals surface area contributed by atoms with Crippen molar-refractivity contribution in [2.24, 2.45) is 0 Å². The predicted octanol–water partition coefficient (Wildman–Crippen LogP) is 2.04. The van der Waals surface area contributed by atoms with Crippen molar-refractivity contribution < 1.29 is 14.6 Å². The fourth-order valence-electron chi connectivity index (χ4n) is 1.58. The number of aliphatic hydroxyl groups excluding tert-OH is 1. The Labute approximate surface area is 80.0 Å². The molecule has 2 atom stereocenters. The van der Waals surface area contributed by atoms with E-state index in [1.807, 2.05) is 6.92 Å². The Bertz CT molecular complexity index is 149. The van der Waals surface area contributed by atoms with E-state index in [0.717, 1.165) is 12.8 Å². The van der Waals surface area contributed by atoms with E-state index >= 15 is 0 Å². The zero-order valence-corrected chi connectivity index (χ0v) is 8.58. The van der Waals surface area contributed by atoms with Gasteiger partial charge in [-0.25, -0.2) is 0 Å². The van der Waals surface area contributed by atoms with Crippen LogP contribution in [0.1, 0.15) is 46.0 Å². The largest absolute Gasteiger partial charge is 0.368 e. The molecule has 0 aromatic heterocycles. The van der Waals surface area contributed by atoms with Crippen molar-refractivity contribution in [3.8, 4) is 0 Å². The van der Waals surface area contributed by atoms with Crippen LogP contribution in [0.3, 0.4) is 0 Å². The normalized spacial score (nSPS) is 34.8. The molecule has 1 aliphatic heterocycles. The van der Waals surface area contributed by atoms with E-state index in [9.17, 15) is 5.11 Å². The lowest BCUT2D eigenvalue weighted by Gasteiger charge is -2.36. The minimum atomic E-state index is -0.639. The van der Waals surface area contributed by atoms with Gasteiger partial charge < -0.3 is 14.6 Å². The van der Waals surface area contributed by atoms with E-state index in [1.54, 1.807) is 0 Å². The first-order chi connectivity index (χ1) is 6.16. The van der Waals surface area contributed by atoms with Crippen molar-refractivity contribution in [2.75, 3.05) is 6.61 Å². The fourth-order valence-corrected chi connectivity index (χ4v) is 1.58. The zero-order valence-electron chi connectivity index (χ0n) is 8.58. The second-order valence-electron chi connectivity index (χ2n) is 3.80. The number of rotatable bonds is 4. The summed E-state index contributed by atoms with van der Waals surface area (Å²) in [4.78, 5) is 0. The van der Waals surface area contributed by atoms with Crippen LogP contribution in [0.25, 0.3) is 0 Å². The highest BCUT2D eigenvalue weighted by Gasteiger charge is 2.32. The van der Waals surface area contributed by atoms with Crippen LogP contribution in [-0.4, -0.2) is 23.8 Å². The smallest absolute Gasteiger partial charge is 0.168 e. The van der Waals surface area contributed by atoms with Gasteiger partial charge in [0.2, 0.25) is 0 Å². The van der Waals surface area contributed by atoms with Crippen molar-refractivity contribution in [1.82, 2.24) is 0 Å². The monoisotopic (exact) mass is 188 g/mol. The minimum Gasteiger partial charge on any atom is -0.368 e. The average Bonchev–Trinajstić information content (AvgIpc) is 2.04. The SMILES string of the molecule is CCCCCC1(C)OCCC(O)O1. The van der Waals surface area contributed by atoms with Gasteiger partial charge in [-0.15, -0.1) is 0 Å². The minimum absolute atomic E-state index is 0.549. The molecule has 3 heteroatoms. The van der Waals surface area contributed by atoms with Crippen LogP contribution in [0.4, 0.5) is 0 Å². The Morgan fingerprint density at radius 2 is 2.23 bits per heavy atom. The van der Waals surface area contributed by atoms with Crippen molar-refractivity contribution in [3.05, 3.63) is 0 Å². The average molecular weight is 188 g/mol. The van der Waals surface area contributed by atoms with E-state index in [-0.39, 0.29) is 0 Å². The van der Waals surface area contributed by atoms with Crippen LogP contribution in [0.15, 0.2) is 0 Å². The molecule has 0 amide bonds. The first-order valence-electron chi connectivity index (χ1n) is 5.16. The molecule has 1 rings (SSSR count). The summed E-state index contributed by atoms with van der Waals surface area (Å²) < 4.78 is 10.9. The molecule has 2 unspecified atom stereocenters. The lowest BCUT2D eigenvalue weighted by atomic mass is 10.1. The van der Waals surface area contributed by atoms with Crippen LogP contribution in [-0.2, 0) is 9.47 Å². The summed E-state index contributed by atoms with van der Waals surface area (Å²) in [5, 5.41) is 9.30. The third-order valence-electron chi connectivity index (χ3n) is 2.39. The molecular formula is C10H20O3. The van der Waals surface area contributed by atoms with Gasteiger partial charge in [-0.1, -0.05) is 19.8 Å². The molecule has 1 saturated heterocycles. The van der Waals surface area contributed by atoms with Crippen LogP contribution < -0.4 is 0 Å². The second kappa shape index (κ2) is 4.94. The first kappa shape index (κ1) is 11.0. The fraction of sp³-hybridized carbons (Fsp3) is 1.00. The number of aliphatic hydroxyl groups is 1. The molecule has 78 valence electrons. The van der Waals surface area contributed by atoms with Crippen molar-refractivity contribution in [2.45, 2.75) is 58.0 Å². The third-order valence-corrected chi connectivity index (χ3v) is 2.39. The Kier molecular flexibility index (Phi) is 4.16. The number of hydrogen-bond donors (Lipinski definition) is 1. The van der Waals surface area contributed by atoms with E-state index < -0.39 is 12.1 Å². The molecule has 1 heterocycles. The molecule has 0 radical (unpaired) electrons. The number of hydrogen-bond acceptors (Lipinski definition) is 3. The highest BCUT2D eigenvalue weighted by Crippen LogP contribution is 2.26. The van der Waals surface area contributed by atoms with E-state index in [4.69, 9.17) is 9.47 Å². The molecule has 1 fully saturated rings. The van der Waals surface area contributed by atoms with Gasteiger partial charge in [0.1, 0.15) is 0 Å². The van der Waals surface area contributed by atoms with Crippen LogP contribution in [0.5, 0.6) is 0 Å². The second-order valence-corrected chi connectivity index (χ2v) is 3.80. The summed E-state index contributed by atoms with van der Waals surface area (Å²) in [6.45, 7) is 4.68. The van der Waals surface area contributed by atoms with Crippen molar-refractivity contribution in [3.63, 3.8) is 0 Å². The standard InChI is InChI=1S/C10H20O3/c1-3-4-5-7-10(2)12-8-6-9(11)13-10/h9,11H,3-8H2,1-2H3. The van der Waals surface area contributed by atoms with Crippen molar-refractivity contribution >= 4 is 0 Å². The van der Waals surface area contributed by atoms with Gasteiger partial charge in [0, 0.05) is 12.8 Å². The Morgan fingerprint density at radius 1 is 1.46 bits per heavy atom. The zero-order chi connectivity index (χ0) is 9.73. The molecule has 0 aromatic rings. The maximum absolute atomic E-state index is 9.30. The summed E-state index contributed by atoms with van der Waals surface area (Å²) in [7, 11) is 0. The van der Waals surface area contributed by atoms with Crippen LogP contribution in [0.2, 0.25) is 0 Å². The third kappa shape index (κ3) is 3.63. The maximum Gasteiger partial charge on any atom is 0.168 e. The van der Waals surface area contributed by atoms with Crippen molar-refractivity contribution in [1.29, 1.82) is 0 Å². The Balaban J connectivity index is 2.27. The van der Waals surface area contributed by atoms with Crippen LogP contribution >= 0.6 is 0 Å². The summed E-state index contributed by atoms with van der Waals surface area (Å²) in [5.41, 5.74) is 0. The quantitative estimate of drug-likeness (QED) is 0.686. The molecule has 1 N–H and O–H groups in total. The summed E-state index contributed by atoms with van der Waals surface area (Å²) in [6.07, 6.45) is 4.30. The molecule has 0 aromatic carbocycles. The molecular weight excluding hydrogens is 168 g/mol. The molecule has 13 heavy (non-hydrogen) atoms. The highest BCUT2D eigenvalue weighted by molar-refractivity contribution is 4.68. The van der Waals surface area contributed by atoms with E-state index in [1.165, 1.54) is 12.8 Å². The van der Waals surface area contributed by atoms with E-state index in [2.05, 4.69) is 6.92 Å². The van der Waals surface area contributed by atoms with Gasteiger partial charge in [-0.3, -0.25) is 0 Å². The number of unbranched alkanes of at least 4 members (excludes halogenated alkanes) is 2. The molecule has 0 saturated carbocycles. The van der Waals surface area contributed by atoms with Crippen LogP contribution in [0, 0.1) is 0 Å². The Hall–Kier alpha value is -0.120. The van der Waals surface area contributed by atoms with Gasteiger partial charge in [-0.05, 0) is 13.3 Å². The molecule has 3 nitrogen and oxygen atoms in total. The molecule has 1 aliphatic rings. The van der Waals surface area contributed by atoms with E-state index in [0.29, 0.717) is 13.0 Å². The van der Waals surface area contributed by atoms with Gasteiger partial charge in [0.15, 0.2) is 12.1 Å². The highest BCUT2D eigenvalue weighted by atomic mass is 16.8. The first-order valence-corrected chi connectivity index (χ1v) is 5.16. The van der Waals surface area contributed by atoms with Gasteiger partial charge in [0.25, 0.3) is 0 Å². The number of ether oxygens (including phenoxy) is 2. The van der Waals surface area contributed by atoms with Gasteiger partial charge >= 0.3 is 0 Å². The summed E-state index contributed by atoms with van der Waals surface area (Å²) in [6, 6.07) is 0. The topological polar surface area (TPSA) is 38.7 Å². The predicted molar refractivity (Wildman–Crippen MR) is 50.2 cm³/mol. The van der Waals surface area contributed by atoms with Gasteiger partial charge in [-0.2, -0.15) is 0 Å². The van der Waals surface area contributed by atoms with Gasteiger partial charge in [0.05, 0.1) is 6.61 Å². The molecule has 0 spiro atoms. The summed E-state index contributed by atoms with van der Waals surface area (Å²) in [5.74, 6) is -0.549. The maximum atomic E-state index is 9.30. The molecule has 0 aliphatic carbocycles. The summed E-state index contributed by atoms with van der Waals surface area (Å²) >= 11 is 0. The Morgan fingerprint density at radius 3 is 2.85 bits per heavy atom. The molecule has 0 bridgehead atoms. The lowest BCUT2D eigenvalue weighted by Crippen LogP contribution is -2.42. The lowest BCUT2D eigenvalue weighted by molar-refractivity contribution is -0.330.